The summed E-state index contributed by atoms with van der Waals surface area (Å²) >= 11 is 0. The molecule has 0 amide bonds. The molecule has 0 aromatic carbocycles. The van der Waals surface area contributed by atoms with Crippen molar-refractivity contribution in [2.45, 2.75) is 65.4 Å². The molecule has 0 radical (unpaired) electrons. The molecular formula is C20H28O3. The average molecular weight is 316 g/mol. The lowest BCUT2D eigenvalue weighted by Crippen LogP contribution is -2.52. The highest BCUT2D eigenvalue weighted by molar-refractivity contribution is 5.91. The third kappa shape index (κ3) is 2.05. The van der Waals surface area contributed by atoms with Gasteiger partial charge in [-0.2, -0.15) is 0 Å². The van der Waals surface area contributed by atoms with Crippen LogP contribution in [-0.4, -0.2) is 24.3 Å². The number of allylic oxidation sites excluding steroid dienone is 2. The van der Waals surface area contributed by atoms with E-state index in [9.17, 15) is 9.59 Å². The van der Waals surface area contributed by atoms with Gasteiger partial charge in [-0.3, -0.25) is 9.59 Å². The van der Waals surface area contributed by atoms with Crippen molar-refractivity contribution in [1.29, 1.82) is 0 Å². The molecule has 0 spiro atoms. The molecule has 1 aliphatic heterocycles. The number of hydrogen-bond donors (Lipinski definition) is 0. The van der Waals surface area contributed by atoms with Gasteiger partial charge >= 0.3 is 0 Å². The Morgan fingerprint density at radius 3 is 2.70 bits per heavy atom. The van der Waals surface area contributed by atoms with Crippen molar-refractivity contribution in [2.24, 2.45) is 28.6 Å². The zero-order valence-electron chi connectivity index (χ0n) is 14.6. The summed E-state index contributed by atoms with van der Waals surface area (Å²) in [4.78, 5) is 23.9. The van der Waals surface area contributed by atoms with Crippen LogP contribution < -0.4 is 0 Å². The number of ketones is 2. The van der Waals surface area contributed by atoms with Gasteiger partial charge in [0.15, 0.2) is 11.6 Å². The van der Waals surface area contributed by atoms with Crippen molar-refractivity contribution in [3.8, 4) is 0 Å². The van der Waals surface area contributed by atoms with Gasteiger partial charge < -0.3 is 4.74 Å². The highest BCUT2D eigenvalue weighted by Gasteiger charge is 2.60. The van der Waals surface area contributed by atoms with Gasteiger partial charge in [0.1, 0.15) is 6.10 Å². The van der Waals surface area contributed by atoms with Crippen molar-refractivity contribution in [2.75, 3.05) is 6.61 Å². The van der Waals surface area contributed by atoms with Crippen LogP contribution >= 0.6 is 0 Å². The Bertz CT molecular complexity index is 592. The molecule has 2 saturated carbocycles. The van der Waals surface area contributed by atoms with Crippen molar-refractivity contribution in [3.05, 3.63) is 11.6 Å². The van der Waals surface area contributed by atoms with E-state index in [1.807, 2.05) is 6.08 Å². The third-order valence-corrected chi connectivity index (χ3v) is 7.81. The van der Waals surface area contributed by atoms with E-state index in [1.54, 1.807) is 6.92 Å². The summed E-state index contributed by atoms with van der Waals surface area (Å²) in [6, 6.07) is 0. The minimum atomic E-state index is -0.203. The van der Waals surface area contributed by atoms with Crippen LogP contribution in [0.5, 0.6) is 0 Å². The van der Waals surface area contributed by atoms with Gasteiger partial charge in [-0.1, -0.05) is 19.4 Å². The van der Waals surface area contributed by atoms with E-state index in [2.05, 4.69) is 13.8 Å². The Hall–Kier alpha value is -0.960. The molecule has 1 saturated heterocycles. The van der Waals surface area contributed by atoms with E-state index in [0.717, 1.165) is 32.3 Å². The summed E-state index contributed by atoms with van der Waals surface area (Å²) in [6.45, 7) is 7.10. The second-order valence-electron chi connectivity index (χ2n) is 8.84. The predicted octanol–water partition coefficient (Wildman–Crippen LogP) is 3.71. The topological polar surface area (TPSA) is 43.4 Å². The summed E-state index contributed by atoms with van der Waals surface area (Å²) < 4.78 is 5.98. The van der Waals surface area contributed by atoms with Crippen LogP contribution in [-0.2, 0) is 14.3 Å². The van der Waals surface area contributed by atoms with E-state index in [4.69, 9.17) is 4.74 Å². The van der Waals surface area contributed by atoms with Gasteiger partial charge in [-0.15, -0.1) is 0 Å². The molecule has 3 nitrogen and oxygen atoms in total. The molecule has 3 aliphatic carbocycles. The van der Waals surface area contributed by atoms with E-state index in [0.29, 0.717) is 30.0 Å². The Balaban J connectivity index is 1.67. The second-order valence-corrected chi connectivity index (χ2v) is 8.84. The minimum Gasteiger partial charge on any atom is -0.370 e. The summed E-state index contributed by atoms with van der Waals surface area (Å²) in [5, 5.41) is 0. The fourth-order valence-corrected chi connectivity index (χ4v) is 6.52. The van der Waals surface area contributed by atoms with Crippen LogP contribution in [0.15, 0.2) is 11.6 Å². The normalized spacial score (nSPS) is 49.0. The monoisotopic (exact) mass is 316 g/mol. The maximum Gasteiger partial charge on any atom is 0.159 e. The lowest BCUT2D eigenvalue weighted by atomic mass is 9.47. The highest BCUT2D eigenvalue weighted by Crippen LogP contribution is 2.63. The van der Waals surface area contributed by atoms with Crippen LogP contribution in [0.1, 0.15) is 59.3 Å². The van der Waals surface area contributed by atoms with Crippen molar-refractivity contribution in [3.63, 3.8) is 0 Å². The summed E-state index contributed by atoms with van der Waals surface area (Å²) in [5.74, 6) is 2.32. The number of ether oxygens (including phenoxy) is 1. The van der Waals surface area contributed by atoms with E-state index >= 15 is 0 Å². The zero-order chi connectivity index (χ0) is 16.4. The molecule has 6 atom stereocenters. The molecule has 23 heavy (non-hydrogen) atoms. The largest absolute Gasteiger partial charge is 0.370 e. The van der Waals surface area contributed by atoms with Gasteiger partial charge in [-0.05, 0) is 68.3 Å². The fourth-order valence-electron chi connectivity index (χ4n) is 6.52. The maximum absolute atomic E-state index is 12.0. The minimum absolute atomic E-state index is 0.0229. The maximum atomic E-state index is 12.0. The third-order valence-electron chi connectivity index (χ3n) is 7.81. The predicted molar refractivity (Wildman–Crippen MR) is 87.9 cm³/mol. The van der Waals surface area contributed by atoms with E-state index < -0.39 is 0 Å². The summed E-state index contributed by atoms with van der Waals surface area (Å²) in [7, 11) is 0. The van der Waals surface area contributed by atoms with Crippen molar-refractivity contribution in [1.82, 2.24) is 0 Å². The first-order chi connectivity index (χ1) is 10.9. The number of carbonyl (C=O) groups excluding carboxylic acids is 2. The molecule has 4 rings (SSSR count). The Morgan fingerprint density at radius 2 is 1.96 bits per heavy atom. The van der Waals surface area contributed by atoms with Crippen LogP contribution in [0.25, 0.3) is 0 Å². The first-order valence-electron chi connectivity index (χ1n) is 9.22. The second kappa shape index (κ2) is 5.02. The molecule has 3 fully saturated rings. The standard InChI is InChI=1S/C20H28O3/c1-12(21)18-20(3)9-7-16-15(17(20)11-23-18)5-4-13-10-14(22)6-8-19(13,16)2/h10,15-18H,4-9,11H2,1-3H3/t15-,16+,17+,18-,19+,20+/m1/s1. The highest BCUT2D eigenvalue weighted by atomic mass is 16.5. The quantitative estimate of drug-likeness (QED) is 0.740. The number of carbonyl (C=O) groups is 2. The smallest absolute Gasteiger partial charge is 0.159 e. The van der Waals surface area contributed by atoms with Gasteiger partial charge in [0.25, 0.3) is 0 Å². The molecule has 0 aromatic rings. The average Bonchev–Trinajstić information content (AvgIpc) is 2.85. The molecule has 0 unspecified atom stereocenters. The van der Waals surface area contributed by atoms with Gasteiger partial charge in [-0.25, -0.2) is 0 Å². The first kappa shape index (κ1) is 15.6. The molecule has 3 heteroatoms. The SMILES string of the molecule is CC(=O)[C@H]1OC[C@H]2[C@@H]3CCC4=CC(=O)CC[C@]4(C)[C@H]3CC[C@]12C. The van der Waals surface area contributed by atoms with Crippen LogP contribution in [0.3, 0.4) is 0 Å². The van der Waals surface area contributed by atoms with E-state index in [1.165, 1.54) is 12.0 Å². The van der Waals surface area contributed by atoms with E-state index in [-0.39, 0.29) is 22.7 Å². The number of Topliss-reactive ketones (excluding diaryl/α,β-unsaturated/α-hetero) is 1. The Morgan fingerprint density at radius 1 is 1.17 bits per heavy atom. The zero-order valence-corrected chi connectivity index (χ0v) is 14.6. The molecule has 126 valence electrons. The molecule has 4 aliphatic rings. The molecule has 0 N–H and O–H groups in total. The van der Waals surface area contributed by atoms with Crippen molar-refractivity contribution < 1.29 is 14.3 Å². The number of hydrogen-bond acceptors (Lipinski definition) is 3. The molecular weight excluding hydrogens is 288 g/mol. The lowest BCUT2D eigenvalue weighted by molar-refractivity contribution is -0.132. The Kier molecular flexibility index (Phi) is 3.39. The van der Waals surface area contributed by atoms with Crippen molar-refractivity contribution >= 4 is 11.6 Å². The van der Waals surface area contributed by atoms with Gasteiger partial charge in [0.05, 0.1) is 6.61 Å². The molecule has 1 heterocycles. The van der Waals surface area contributed by atoms with Gasteiger partial charge in [0.2, 0.25) is 0 Å². The summed E-state index contributed by atoms with van der Waals surface area (Å²) in [6.07, 6.45) is 7.95. The molecule has 0 aromatic heterocycles. The number of rotatable bonds is 1. The lowest BCUT2D eigenvalue weighted by Gasteiger charge is -2.57. The molecule has 0 bridgehead atoms. The van der Waals surface area contributed by atoms with Gasteiger partial charge in [0, 0.05) is 11.8 Å². The van der Waals surface area contributed by atoms with Crippen LogP contribution in [0, 0.1) is 28.6 Å². The Labute approximate surface area is 138 Å². The number of fused-ring (bicyclic) bond motifs is 5. The van der Waals surface area contributed by atoms with Crippen LogP contribution in [0.4, 0.5) is 0 Å². The van der Waals surface area contributed by atoms with Crippen LogP contribution in [0.2, 0.25) is 0 Å². The fraction of sp³-hybridized carbons (Fsp3) is 0.800. The summed E-state index contributed by atoms with van der Waals surface area (Å²) in [5.41, 5.74) is 1.63. The first-order valence-corrected chi connectivity index (χ1v) is 9.22.